The smallest absolute Gasteiger partial charge is 0.0158 e. The number of hydrogen-bond acceptors (Lipinski definition) is 2. The van der Waals surface area contributed by atoms with Gasteiger partial charge in [-0.15, -0.1) is 0 Å². The van der Waals surface area contributed by atoms with E-state index in [9.17, 15) is 0 Å². The molecule has 0 aliphatic carbocycles. The molecule has 1 aliphatic heterocycles. The quantitative estimate of drug-likeness (QED) is 0.640. The van der Waals surface area contributed by atoms with Gasteiger partial charge in [0.15, 0.2) is 0 Å². The molecule has 1 nitrogen and oxygen atoms in total. The van der Waals surface area contributed by atoms with Crippen LogP contribution in [0, 0.1) is 0 Å². The molecule has 0 spiro atoms. The summed E-state index contributed by atoms with van der Waals surface area (Å²) in [6, 6.07) is 0.830. The molecule has 1 fully saturated rings. The van der Waals surface area contributed by atoms with E-state index >= 15 is 0 Å². The molecule has 0 aromatic heterocycles. The minimum Gasteiger partial charge on any atom is -0.313 e. The van der Waals surface area contributed by atoms with Crippen molar-refractivity contribution in [2.24, 2.45) is 0 Å². The van der Waals surface area contributed by atoms with Crippen LogP contribution in [0.4, 0.5) is 0 Å². The van der Waals surface area contributed by atoms with Crippen LogP contribution in [0.5, 0.6) is 0 Å². The first kappa shape index (κ1) is 9.40. The monoisotopic (exact) mass is 173 g/mol. The molecule has 1 saturated heterocycles. The first-order valence-corrected chi connectivity index (χ1v) is 5.90. The number of unbranched alkanes of at least 4 members (excludes halogenated alkanes) is 1. The van der Waals surface area contributed by atoms with E-state index in [0.717, 1.165) is 6.04 Å². The maximum Gasteiger partial charge on any atom is 0.0158 e. The van der Waals surface area contributed by atoms with E-state index in [1.807, 2.05) is 0 Å². The highest BCUT2D eigenvalue weighted by molar-refractivity contribution is 7.99. The second kappa shape index (κ2) is 5.90. The third-order valence-electron chi connectivity index (χ3n) is 2.12. The molecule has 1 rings (SSSR count). The molecule has 0 radical (unpaired) electrons. The van der Waals surface area contributed by atoms with Crippen LogP contribution in [0.3, 0.4) is 0 Å². The zero-order valence-corrected chi connectivity index (χ0v) is 8.25. The van der Waals surface area contributed by atoms with Crippen molar-refractivity contribution in [2.75, 3.05) is 18.1 Å². The Morgan fingerprint density at radius 1 is 1.55 bits per heavy atom. The van der Waals surface area contributed by atoms with Gasteiger partial charge in [-0.25, -0.2) is 0 Å². The van der Waals surface area contributed by atoms with Crippen LogP contribution in [-0.2, 0) is 0 Å². The minimum absolute atomic E-state index is 0.830. The summed E-state index contributed by atoms with van der Waals surface area (Å²) in [4.78, 5) is 0. The lowest BCUT2D eigenvalue weighted by Crippen LogP contribution is -2.23. The first-order valence-electron chi connectivity index (χ1n) is 4.74. The Kier molecular flexibility index (Phi) is 5.04. The lowest BCUT2D eigenvalue weighted by atomic mass is 10.3. The topological polar surface area (TPSA) is 12.0 Å². The first-order chi connectivity index (χ1) is 5.43. The summed E-state index contributed by atoms with van der Waals surface area (Å²) in [6.45, 7) is 3.51. The fourth-order valence-corrected chi connectivity index (χ4v) is 2.60. The highest BCUT2D eigenvalue weighted by Crippen LogP contribution is 2.12. The minimum atomic E-state index is 0.830. The summed E-state index contributed by atoms with van der Waals surface area (Å²) in [5.41, 5.74) is 0. The zero-order valence-electron chi connectivity index (χ0n) is 7.44. The van der Waals surface area contributed by atoms with Crippen LogP contribution in [0.1, 0.15) is 32.6 Å². The lowest BCUT2D eigenvalue weighted by Gasteiger charge is -2.08. The Morgan fingerprint density at radius 2 is 2.45 bits per heavy atom. The van der Waals surface area contributed by atoms with Gasteiger partial charge in [0.2, 0.25) is 0 Å². The summed E-state index contributed by atoms with van der Waals surface area (Å²) in [6.07, 6.45) is 5.51. The van der Waals surface area contributed by atoms with Gasteiger partial charge in [-0.2, -0.15) is 11.8 Å². The Hall–Kier alpha value is 0.310. The van der Waals surface area contributed by atoms with Crippen LogP contribution in [0.25, 0.3) is 0 Å². The van der Waals surface area contributed by atoms with Gasteiger partial charge < -0.3 is 5.32 Å². The number of nitrogens with one attached hydrogen (secondary N) is 1. The normalized spacial score (nSPS) is 24.3. The Balaban J connectivity index is 1.86. The largest absolute Gasteiger partial charge is 0.313 e. The summed E-state index contributed by atoms with van der Waals surface area (Å²) >= 11 is 2.11. The van der Waals surface area contributed by atoms with E-state index in [0.29, 0.717) is 0 Å². The second-order valence-electron chi connectivity index (χ2n) is 3.22. The van der Waals surface area contributed by atoms with Crippen LogP contribution >= 0.6 is 11.8 Å². The van der Waals surface area contributed by atoms with Gasteiger partial charge in [0.05, 0.1) is 0 Å². The van der Waals surface area contributed by atoms with Crippen molar-refractivity contribution in [3.8, 4) is 0 Å². The third kappa shape index (κ3) is 4.02. The molecule has 0 unspecified atom stereocenters. The van der Waals surface area contributed by atoms with E-state index in [1.54, 1.807) is 0 Å². The average molecular weight is 173 g/mol. The van der Waals surface area contributed by atoms with Crippen molar-refractivity contribution in [1.82, 2.24) is 5.32 Å². The Labute approximate surface area is 74.3 Å². The lowest BCUT2D eigenvalue weighted by molar-refractivity contribution is 0.673. The molecule has 0 aromatic carbocycles. The third-order valence-corrected chi connectivity index (χ3v) is 3.34. The predicted octanol–water partition coefficient (Wildman–Crippen LogP) is 2.27. The molecule has 0 bridgehead atoms. The summed E-state index contributed by atoms with van der Waals surface area (Å²) in [5, 5.41) is 3.51. The molecule has 2 heteroatoms. The van der Waals surface area contributed by atoms with Gasteiger partial charge in [-0.05, 0) is 31.6 Å². The molecule has 1 atom stereocenters. The van der Waals surface area contributed by atoms with Crippen molar-refractivity contribution in [3.05, 3.63) is 0 Å². The van der Waals surface area contributed by atoms with Crippen LogP contribution in [-0.4, -0.2) is 24.1 Å². The van der Waals surface area contributed by atoms with Gasteiger partial charge >= 0.3 is 0 Å². The van der Waals surface area contributed by atoms with Crippen LogP contribution in [0.15, 0.2) is 0 Å². The zero-order chi connectivity index (χ0) is 7.94. The number of rotatable bonds is 5. The van der Waals surface area contributed by atoms with E-state index in [2.05, 4.69) is 24.0 Å². The van der Waals surface area contributed by atoms with Gasteiger partial charge in [-0.1, -0.05) is 13.3 Å². The summed E-state index contributed by atoms with van der Waals surface area (Å²) in [7, 11) is 0. The van der Waals surface area contributed by atoms with Crippen LogP contribution < -0.4 is 5.32 Å². The molecule has 1 N–H and O–H groups in total. The van der Waals surface area contributed by atoms with Crippen molar-refractivity contribution < 1.29 is 0 Å². The van der Waals surface area contributed by atoms with E-state index in [4.69, 9.17) is 0 Å². The van der Waals surface area contributed by atoms with Gasteiger partial charge in [-0.3, -0.25) is 0 Å². The summed E-state index contributed by atoms with van der Waals surface area (Å²) in [5.74, 6) is 2.69. The molecule has 0 aromatic rings. The molecule has 11 heavy (non-hydrogen) atoms. The van der Waals surface area contributed by atoms with Crippen molar-refractivity contribution in [1.29, 1.82) is 0 Å². The predicted molar refractivity (Wildman–Crippen MR) is 53.3 cm³/mol. The highest BCUT2D eigenvalue weighted by atomic mass is 32.2. The maximum atomic E-state index is 3.51. The highest BCUT2D eigenvalue weighted by Gasteiger charge is 2.12. The molecule has 0 amide bonds. The van der Waals surface area contributed by atoms with Gasteiger partial charge in [0, 0.05) is 11.8 Å². The van der Waals surface area contributed by atoms with Gasteiger partial charge in [0.1, 0.15) is 0 Å². The Morgan fingerprint density at radius 3 is 3.09 bits per heavy atom. The van der Waals surface area contributed by atoms with Crippen molar-refractivity contribution >= 4 is 11.8 Å². The fourth-order valence-electron chi connectivity index (χ4n) is 1.37. The molecule has 1 heterocycles. The van der Waals surface area contributed by atoms with Crippen molar-refractivity contribution in [2.45, 2.75) is 38.6 Å². The molecule has 1 aliphatic rings. The molecular weight excluding hydrogens is 154 g/mol. The number of thioether (sulfide) groups is 1. The molecule has 66 valence electrons. The van der Waals surface area contributed by atoms with E-state index < -0.39 is 0 Å². The van der Waals surface area contributed by atoms with Crippen molar-refractivity contribution in [3.63, 3.8) is 0 Å². The van der Waals surface area contributed by atoms with Crippen LogP contribution in [0.2, 0.25) is 0 Å². The Bertz CT molecular complexity index is 89.6. The summed E-state index contributed by atoms with van der Waals surface area (Å²) < 4.78 is 0. The SMILES string of the molecule is CCCCSC[C@@H]1CCCN1. The average Bonchev–Trinajstić information content (AvgIpc) is 2.50. The van der Waals surface area contributed by atoms with E-state index in [-0.39, 0.29) is 0 Å². The standard InChI is InChI=1S/C9H19NS/c1-2-3-7-11-8-9-5-4-6-10-9/h9-10H,2-8H2,1H3/t9-/m0/s1. The molecular formula is C9H19NS. The molecule has 0 saturated carbocycles. The number of hydrogen-bond donors (Lipinski definition) is 1. The fraction of sp³-hybridized carbons (Fsp3) is 1.00. The van der Waals surface area contributed by atoms with E-state index in [1.165, 1.54) is 43.7 Å². The maximum absolute atomic E-state index is 3.51. The second-order valence-corrected chi connectivity index (χ2v) is 4.37. The van der Waals surface area contributed by atoms with Gasteiger partial charge in [0.25, 0.3) is 0 Å².